The molecule has 0 atom stereocenters. The molecule has 0 aliphatic carbocycles. The molecule has 4 rings (SSSR count). The molecule has 9 heteroatoms. The second-order valence-electron chi connectivity index (χ2n) is 7.84. The van der Waals surface area contributed by atoms with Gasteiger partial charge in [0.1, 0.15) is 17.3 Å². The van der Waals surface area contributed by atoms with Crippen molar-refractivity contribution in [2.24, 2.45) is 0 Å². The van der Waals surface area contributed by atoms with Gasteiger partial charge in [-0.3, -0.25) is 4.90 Å². The fourth-order valence-electron chi connectivity index (χ4n) is 3.80. The molecular formula is C24H29N3O5S. The molecule has 176 valence electrons. The number of rotatable bonds is 8. The maximum Gasteiger partial charge on any atom is 0.243 e. The SMILES string of the molecule is CCOc1ccc(S(=O)(=O)N2CCN(Cc3nc(-c4ccc(OC)cc4)oc3C)CC2)cc1. The average molecular weight is 472 g/mol. The first-order chi connectivity index (χ1) is 15.9. The number of hydrogen-bond donors (Lipinski definition) is 0. The molecule has 0 spiro atoms. The van der Waals surface area contributed by atoms with Crippen LogP contribution in [0.25, 0.3) is 11.5 Å². The first-order valence-corrected chi connectivity index (χ1v) is 12.4. The third kappa shape index (κ3) is 5.21. The summed E-state index contributed by atoms with van der Waals surface area (Å²) < 4.78 is 44.0. The number of ether oxygens (including phenoxy) is 2. The summed E-state index contributed by atoms with van der Waals surface area (Å²) in [5.74, 6) is 2.78. The molecule has 0 bridgehead atoms. The van der Waals surface area contributed by atoms with Gasteiger partial charge in [0.2, 0.25) is 15.9 Å². The molecule has 33 heavy (non-hydrogen) atoms. The maximum atomic E-state index is 13.0. The molecule has 0 amide bonds. The van der Waals surface area contributed by atoms with Crippen molar-refractivity contribution >= 4 is 10.0 Å². The van der Waals surface area contributed by atoms with Crippen LogP contribution in [0.15, 0.2) is 57.8 Å². The Morgan fingerprint density at radius 3 is 2.21 bits per heavy atom. The number of oxazole rings is 1. The number of methoxy groups -OCH3 is 1. The Bertz CT molecular complexity index is 1170. The van der Waals surface area contributed by atoms with Crippen LogP contribution >= 0.6 is 0 Å². The molecule has 0 radical (unpaired) electrons. The normalized spacial score (nSPS) is 15.5. The Kier molecular flexibility index (Phi) is 7.02. The van der Waals surface area contributed by atoms with Gasteiger partial charge in [0.15, 0.2) is 0 Å². The minimum absolute atomic E-state index is 0.288. The quantitative estimate of drug-likeness (QED) is 0.497. The van der Waals surface area contributed by atoms with Crippen molar-refractivity contribution in [2.45, 2.75) is 25.3 Å². The van der Waals surface area contributed by atoms with Gasteiger partial charge in [0, 0.05) is 38.3 Å². The lowest BCUT2D eigenvalue weighted by atomic mass is 10.2. The number of nitrogens with zero attached hydrogens (tertiary/aromatic N) is 3. The summed E-state index contributed by atoms with van der Waals surface area (Å²) in [4.78, 5) is 7.16. The van der Waals surface area contributed by atoms with Crippen LogP contribution in [0.3, 0.4) is 0 Å². The van der Waals surface area contributed by atoms with E-state index in [0.717, 1.165) is 22.8 Å². The van der Waals surface area contributed by atoms with Crippen LogP contribution in [0.1, 0.15) is 18.4 Å². The second kappa shape index (κ2) is 9.94. The molecule has 1 aliphatic rings. The van der Waals surface area contributed by atoms with E-state index in [4.69, 9.17) is 13.9 Å². The van der Waals surface area contributed by atoms with E-state index in [1.807, 2.05) is 38.1 Å². The van der Waals surface area contributed by atoms with Gasteiger partial charge in [-0.25, -0.2) is 13.4 Å². The minimum Gasteiger partial charge on any atom is -0.497 e. The van der Waals surface area contributed by atoms with Crippen LogP contribution in [-0.2, 0) is 16.6 Å². The van der Waals surface area contributed by atoms with Crippen molar-refractivity contribution in [3.8, 4) is 23.0 Å². The van der Waals surface area contributed by atoms with Gasteiger partial charge >= 0.3 is 0 Å². The summed E-state index contributed by atoms with van der Waals surface area (Å²) in [5.41, 5.74) is 1.75. The van der Waals surface area contributed by atoms with Gasteiger partial charge in [0.25, 0.3) is 0 Å². The van der Waals surface area contributed by atoms with Crippen LogP contribution in [0.2, 0.25) is 0 Å². The zero-order chi connectivity index (χ0) is 23.4. The fraction of sp³-hybridized carbons (Fsp3) is 0.375. The summed E-state index contributed by atoms with van der Waals surface area (Å²) in [6.45, 7) is 7.06. The first-order valence-electron chi connectivity index (χ1n) is 11.0. The molecule has 1 fully saturated rings. The molecule has 3 aromatic rings. The molecule has 2 heterocycles. The summed E-state index contributed by atoms with van der Waals surface area (Å²) in [7, 11) is -1.90. The van der Waals surface area contributed by atoms with Gasteiger partial charge in [-0.05, 0) is 62.4 Å². The molecular weight excluding hydrogens is 442 g/mol. The smallest absolute Gasteiger partial charge is 0.243 e. The Labute approximate surface area is 194 Å². The highest BCUT2D eigenvalue weighted by molar-refractivity contribution is 7.89. The third-order valence-electron chi connectivity index (χ3n) is 5.71. The van der Waals surface area contributed by atoms with Crippen molar-refractivity contribution in [1.29, 1.82) is 0 Å². The van der Waals surface area contributed by atoms with Crippen LogP contribution in [-0.4, -0.2) is 62.5 Å². The lowest BCUT2D eigenvalue weighted by Crippen LogP contribution is -2.48. The number of aromatic nitrogens is 1. The third-order valence-corrected chi connectivity index (χ3v) is 7.62. The van der Waals surface area contributed by atoms with Gasteiger partial charge in [0.05, 0.1) is 24.3 Å². The summed E-state index contributed by atoms with van der Waals surface area (Å²) >= 11 is 0. The molecule has 8 nitrogen and oxygen atoms in total. The lowest BCUT2D eigenvalue weighted by molar-refractivity contribution is 0.179. The van der Waals surface area contributed by atoms with E-state index in [1.165, 1.54) is 4.31 Å². The zero-order valence-corrected chi connectivity index (χ0v) is 20.0. The highest BCUT2D eigenvalue weighted by atomic mass is 32.2. The minimum atomic E-state index is -3.53. The largest absolute Gasteiger partial charge is 0.497 e. The van der Waals surface area contributed by atoms with Crippen molar-refractivity contribution in [1.82, 2.24) is 14.2 Å². The van der Waals surface area contributed by atoms with Gasteiger partial charge < -0.3 is 13.9 Å². The van der Waals surface area contributed by atoms with Crippen LogP contribution in [0, 0.1) is 6.92 Å². The topological polar surface area (TPSA) is 85.1 Å². The number of hydrogen-bond acceptors (Lipinski definition) is 7. The Balaban J connectivity index is 1.37. The van der Waals surface area contributed by atoms with Crippen LogP contribution in [0.5, 0.6) is 11.5 Å². The van der Waals surface area contributed by atoms with Crippen molar-refractivity contribution in [3.05, 3.63) is 60.0 Å². The molecule has 0 saturated carbocycles. The number of benzene rings is 2. The predicted molar refractivity (Wildman–Crippen MR) is 125 cm³/mol. The molecule has 1 aliphatic heterocycles. The zero-order valence-electron chi connectivity index (χ0n) is 19.2. The Morgan fingerprint density at radius 1 is 0.970 bits per heavy atom. The van der Waals surface area contributed by atoms with E-state index >= 15 is 0 Å². The van der Waals surface area contributed by atoms with Gasteiger partial charge in [-0.15, -0.1) is 0 Å². The first kappa shape index (κ1) is 23.3. The molecule has 1 saturated heterocycles. The second-order valence-corrected chi connectivity index (χ2v) is 9.77. The number of sulfonamides is 1. The standard InChI is InChI=1S/C24H29N3O5S/c1-4-31-21-9-11-22(12-10-21)33(28,29)27-15-13-26(14-16-27)17-23-18(2)32-24(25-23)19-5-7-20(30-3)8-6-19/h5-12H,4,13-17H2,1-3H3. The average Bonchev–Trinajstić information content (AvgIpc) is 3.20. The van der Waals surface area contributed by atoms with E-state index in [2.05, 4.69) is 9.88 Å². The predicted octanol–water partition coefficient (Wildman–Crippen LogP) is 3.56. The molecule has 0 N–H and O–H groups in total. The van der Waals surface area contributed by atoms with Crippen LogP contribution < -0.4 is 9.47 Å². The molecule has 1 aromatic heterocycles. The van der Waals surface area contributed by atoms with Crippen LogP contribution in [0.4, 0.5) is 0 Å². The van der Waals surface area contributed by atoms with Crippen molar-refractivity contribution in [3.63, 3.8) is 0 Å². The lowest BCUT2D eigenvalue weighted by Gasteiger charge is -2.33. The maximum absolute atomic E-state index is 13.0. The number of aryl methyl sites for hydroxylation is 1. The summed E-state index contributed by atoms with van der Waals surface area (Å²) in [5, 5.41) is 0. The van der Waals surface area contributed by atoms with Gasteiger partial charge in [-0.1, -0.05) is 0 Å². The van der Waals surface area contributed by atoms with E-state index in [9.17, 15) is 8.42 Å². The summed E-state index contributed by atoms with van der Waals surface area (Å²) in [6, 6.07) is 14.2. The Morgan fingerprint density at radius 2 is 1.61 bits per heavy atom. The number of piperazine rings is 1. The highest BCUT2D eigenvalue weighted by Gasteiger charge is 2.29. The highest BCUT2D eigenvalue weighted by Crippen LogP contribution is 2.26. The monoisotopic (exact) mass is 471 g/mol. The van der Waals surface area contributed by atoms with Crippen molar-refractivity contribution < 1.29 is 22.3 Å². The molecule has 2 aromatic carbocycles. The van der Waals surface area contributed by atoms with E-state index < -0.39 is 10.0 Å². The van der Waals surface area contributed by atoms with Gasteiger partial charge in [-0.2, -0.15) is 4.31 Å². The van der Waals surface area contributed by atoms with E-state index in [0.29, 0.717) is 51.0 Å². The molecule has 0 unspecified atom stereocenters. The fourth-order valence-corrected chi connectivity index (χ4v) is 5.22. The van der Waals surface area contributed by atoms with Crippen molar-refractivity contribution in [2.75, 3.05) is 39.9 Å². The summed E-state index contributed by atoms with van der Waals surface area (Å²) in [6.07, 6.45) is 0. The van der Waals surface area contributed by atoms with E-state index in [-0.39, 0.29) is 4.90 Å². The van der Waals surface area contributed by atoms with E-state index in [1.54, 1.807) is 31.4 Å². The Hall–Kier alpha value is -2.88.